The van der Waals surface area contributed by atoms with Crippen LogP contribution in [0.5, 0.6) is 0 Å². The maximum atomic E-state index is 12.6. The molecule has 144 valence electrons. The average molecular weight is 407 g/mol. The van der Waals surface area contributed by atoms with Crippen LogP contribution in [0.4, 0.5) is 11.4 Å². The van der Waals surface area contributed by atoms with Crippen LogP contribution in [0.1, 0.15) is 30.2 Å². The molecule has 1 amide bonds. The summed E-state index contributed by atoms with van der Waals surface area (Å²) in [6.07, 6.45) is 2.86. The van der Waals surface area contributed by atoms with Gasteiger partial charge in [0.1, 0.15) is 10.3 Å². The zero-order valence-corrected chi connectivity index (χ0v) is 16.7. The van der Waals surface area contributed by atoms with Gasteiger partial charge >= 0.3 is 0 Å². The SMILES string of the molecule is CCc1ccc(S(=O)(=O)Nc2ccc3c(c2)CCN3C(=O)C2CCCO2)s1. The van der Waals surface area contributed by atoms with E-state index in [1.165, 1.54) is 11.3 Å². The summed E-state index contributed by atoms with van der Waals surface area (Å²) in [7, 11) is -3.59. The lowest BCUT2D eigenvalue weighted by molar-refractivity contribution is -0.127. The number of carbonyl (C=O) groups is 1. The van der Waals surface area contributed by atoms with E-state index in [-0.39, 0.29) is 12.0 Å². The van der Waals surface area contributed by atoms with Crippen molar-refractivity contribution in [1.82, 2.24) is 0 Å². The Morgan fingerprint density at radius 2 is 2.19 bits per heavy atom. The molecule has 4 rings (SSSR count). The fraction of sp³-hybridized carbons (Fsp3) is 0.421. The summed E-state index contributed by atoms with van der Waals surface area (Å²) < 4.78 is 33.7. The molecule has 1 aromatic heterocycles. The highest BCUT2D eigenvalue weighted by Gasteiger charge is 2.32. The van der Waals surface area contributed by atoms with Crippen molar-refractivity contribution in [2.75, 3.05) is 22.8 Å². The van der Waals surface area contributed by atoms with Gasteiger partial charge in [-0.05, 0) is 61.6 Å². The fourth-order valence-corrected chi connectivity index (χ4v) is 5.88. The zero-order valence-electron chi connectivity index (χ0n) is 15.1. The molecule has 1 saturated heterocycles. The third-order valence-electron chi connectivity index (χ3n) is 4.95. The second-order valence-electron chi connectivity index (χ2n) is 6.76. The number of sulfonamides is 1. The van der Waals surface area contributed by atoms with E-state index in [9.17, 15) is 13.2 Å². The second-order valence-corrected chi connectivity index (χ2v) is 9.84. The molecular formula is C19H22N2O4S2. The van der Waals surface area contributed by atoms with Crippen LogP contribution in [0.2, 0.25) is 0 Å². The first kappa shape index (κ1) is 18.5. The Balaban J connectivity index is 1.52. The first-order chi connectivity index (χ1) is 13.0. The molecule has 2 aromatic rings. The van der Waals surface area contributed by atoms with Gasteiger partial charge in [0.25, 0.3) is 15.9 Å². The Kier molecular flexibility index (Phi) is 4.96. The van der Waals surface area contributed by atoms with Crippen LogP contribution in [-0.2, 0) is 32.4 Å². The summed E-state index contributed by atoms with van der Waals surface area (Å²) in [6, 6.07) is 8.84. The molecule has 1 aromatic carbocycles. The van der Waals surface area contributed by atoms with Gasteiger partial charge < -0.3 is 9.64 Å². The Hall–Kier alpha value is -1.90. The summed E-state index contributed by atoms with van der Waals surface area (Å²) in [6.45, 7) is 3.25. The Bertz CT molecular complexity index is 962. The number of rotatable bonds is 5. The van der Waals surface area contributed by atoms with Crippen LogP contribution in [-0.4, -0.2) is 33.6 Å². The third-order valence-corrected chi connectivity index (χ3v) is 8.05. The van der Waals surface area contributed by atoms with Gasteiger partial charge in [-0.25, -0.2) is 8.42 Å². The van der Waals surface area contributed by atoms with Crippen molar-refractivity contribution in [2.45, 2.75) is 42.9 Å². The number of amides is 1. The van der Waals surface area contributed by atoms with Gasteiger partial charge in [-0.3, -0.25) is 9.52 Å². The minimum atomic E-state index is -3.59. The highest BCUT2D eigenvalue weighted by Crippen LogP contribution is 2.33. The zero-order chi connectivity index (χ0) is 19.0. The van der Waals surface area contributed by atoms with Gasteiger partial charge in [0.2, 0.25) is 0 Å². The molecule has 3 heterocycles. The van der Waals surface area contributed by atoms with Crippen LogP contribution in [0, 0.1) is 0 Å². The normalized spacial score (nSPS) is 19.3. The van der Waals surface area contributed by atoms with E-state index in [2.05, 4.69) is 4.72 Å². The van der Waals surface area contributed by atoms with E-state index in [4.69, 9.17) is 4.74 Å². The van der Waals surface area contributed by atoms with Gasteiger partial charge in [0.15, 0.2) is 0 Å². The standard InChI is InChI=1S/C19H22N2O4S2/c1-2-15-6-8-18(26-15)27(23,24)20-14-5-7-16-13(12-14)9-10-21(16)19(22)17-4-3-11-25-17/h5-8,12,17,20H,2-4,9-11H2,1H3. The second kappa shape index (κ2) is 7.26. The number of nitrogens with zero attached hydrogens (tertiary/aromatic N) is 1. The molecule has 0 bridgehead atoms. The van der Waals surface area contributed by atoms with Crippen molar-refractivity contribution < 1.29 is 17.9 Å². The number of ether oxygens (including phenoxy) is 1. The van der Waals surface area contributed by atoms with E-state index in [0.29, 0.717) is 29.5 Å². The summed E-state index contributed by atoms with van der Waals surface area (Å²) >= 11 is 1.29. The molecule has 1 N–H and O–H groups in total. The van der Waals surface area contributed by atoms with Crippen molar-refractivity contribution in [1.29, 1.82) is 0 Å². The minimum absolute atomic E-state index is 0.00487. The monoisotopic (exact) mass is 406 g/mol. The quantitative estimate of drug-likeness (QED) is 0.827. The number of carbonyl (C=O) groups excluding carboxylic acids is 1. The summed E-state index contributed by atoms with van der Waals surface area (Å²) in [4.78, 5) is 15.4. The van der Waals surface area contributed by atoms with Crippen molar-refractivity contribution >= 4 is 38.6 Å². The summed E-state index contributed by atoms with van der Waals surface area (Å²) in [5.41, 5.74) is 2.34. The molecule has 0 spiro atoms. The number of benzene rings is 1. The van der Waals surface area contributed by atoms with Crippen molar-refractivity contribution in [3.05, 3.63) is 40.8 Å². The number of hydrogen-bond donors (Lipinski definition) is 1. The topological polar surface area (TPSA) is 75.7 Å². The Morgan fingerprint density at radius 3 is 2.89 bits per heavy atom. The van der Waals surface area contributed by atoms with Gasteiger partial charge in [-0.15, -0.1) is 11.3 Å². The number of nitrogens with one attached hydrogen (secondary N) is 1. The van der Waals surface area contributed by atoms with Gasteiger partial charge in [0.05, 0.1) is 0 Å². The maximum absolute atomic E-state index is 12.6. The van der Waals surface area contributed by atoms with Crippen molar-refractivity contribution in [3.8, 4) is 0 Å². The van der Waals surface area contributed by atoms with E-state index in [1.54, 1.807) is 17.0 Å². The number of fused-ring (bicyclic) bond motifs is 1. The first-order valence-electron chi connectivity index (χ1n) is 9.15. The number of anilines is 2. The first-order valence-corrected chi connectivity index (χ1v) is 11.5. The molecule has 8 heteroatoms. The van der Waals surface area contributed by atoms with Gasteiger partial charge in [0, 0.05) is 29.4 Å². The van der Waals surface area contributed by atoms with E-state index < -0.39 is 10.0 Å². The van der Waals surface area contributed by atoms with E-state index in [0.717, 1.165) is 35.4 Å². The smallest absolute Gasteiger partial charge is 0.271 e. The molecule has 1 fully saturated rings. The van der Waals surface area contributed by atoms with Gasteiger partial charge in [-0.2, -0.15) is 0 Å². The highest BCUT2D eigenvalue weighted by atomic mass is 32.2. The van der Waals surface area contributed by atoms with Crippen LogP contribution in [0.15, 0.2) is 34.5 Å². The molecule has 0 aliphatic carbocycles. The maximum Gasteiger partial charge on any atom is 0.271 e. The molecule has 0 radical (unpaired) electrons. The Labute approximate surface area is 163 Å². The number of aryl methyl sites for hydroxylation is 1. The molecular weight excluding hydrogens is 384 g/mol. The van der Waals surface area contributed by atoms with Crippen LogP contribution in [0.3, 0.4) is 0 Å². The summed E-state index contributed by atoms with van der Waals surface area (Å²) in [5.74, 6) is 0.00487. The molecule has 1 atom stereocenters. The fourth-order valence-electron chi connectivity index (χ4n) is 3.54. The number of thiophene rings is 1. The molecule has 6 nitrogen and oxygen atoms in total. The Morgan fingerprint density at radius 1 is 1.33 bits per heavy atom. The molecule has 2 aliphatic heterocycles. The van der Waals surface area contributed by atoms with Crippen molar-refractivity contribution in [3.63, 3.8) is 0 Å². The molecule has 2 aliphatic rings. The van der Waals surface area contributed by atoms with Crippen LogP contribution in [0.25, 0.3) is 0 Å². The van der Waals surface area contributed by atoms with Crippen LogP contribution < -0.4 is 9.62 Å². The predicted molar refractivity (Wildman–Crippen MR) is 106 cm³/mol. The highest BCUT2D eigenvalue weighted by molar-refractivity contribution is 7.94. The van der Waals surface area contributed by atoms with Crippen molar-refractivity contribution in [2.24, 2.45) is 0 Å². The van der Waals surface area contributed by atoms with E-state index in [1.807, 2.05) is 25.1 Å². The largest absolute Gasteiger partial charge is 0.368 e. The third kappa shape index (κ3) is 3.61. The minimum Gasteiger partial charge on any atom is -0.368 e. The molecule has 0 saturated carbocycles. The molecule has 1 unspecified atom stereocenters. The lowest BCUT2D eigenvalue weighted by Gasteiger charge is -2.21. The molecule has 27 heavy (non-hydrogen) atoms. The predicted octanol–water partition coefficient (Wildman–Crippen LogP) is 3.18. The van der Waals surface area contributed by atoms with E-state index >= 15 is 0 Å². The lowest BCUT2D eigenvalue weighted by atomic mass is 10.1. The van der Waals surface area contributed by atoms with Crippen LogP contribution >= 0.6 is 11.3 Å². The summed E-state index contributed by atoms with van der Waals surface area (Å²) in [5, 5.41) is 0. The average Bonchev–Trinajstić information content (AvgIpc) is 3.39. The van der Waals surface area contributed by atoms with Gasteiger partial charge in [-0.1, -0.05) is 6.92 Å². The lowest BCUT2D eigenvalue weighted by Crippen LogP contribution is -2.37. The number of hydrogen-bond acceptors (Lipinski definition) is 5.